The van der Waals surface area contributed by atoms with Crippen molar-refractivity contribution >= 4 is 17.3 Å². The van der Waals surface area contributed by atoms with Crippen LogP contribution in [0.2, 0.25) is 0 Å². The second-order valence-electron chi connectivity index (χ2n) is 5.98. The first-order valence-electron chi connectivity index (χ1n) is 8.22. The van der Waals surface area contributed by atoms with Crippen molar-refractivity contribution in [1.82, 2.24) is 4.98 Å². The number of hydrogen-bond acceptors (Lipinski definition) is 3. The van der Waals surface area contributed by atoms with Crippen molar-refractivity contribution in [3.05, 3.63) is 90.3 Å². The number of aromatic nitrogens is 1. The van der Waals surface area contributed by atoms with Crippen LogP contribution in [0.15, 0.2) is 79.1 Å². The van der Waals surface area contributed by atoms with Gasteiger partial charge in [0.1, 0.15) is 0 Å². The predicted molar refractivity (Wildman–Crippen MR) is 96.8 cm³/mol. The molecule has 1 aliphatic heterocycles. The number of hydrogen-bond donors (Lipinski definition) is 0. The standard InChI is InChI=1S/C21H18N2O2/c1-25-20(15-11-13-22-14-12-15)19-17-9-5-6-10-18(17)23(21(19)24)16-7-3-2-4-8-16/h2-14,19-20H,1H3. The number of pyridine rings is 1. The fourth-order valence-electron chi connectivity index (χ4n) is 3.50. The lowest BCUT2D eigenvalue weighted by Gasteiger charge is -2.23. The molecule has 0 N–H and O–H groups in total. The highest BCUT2D eigenvalue weighted by Crippen LogP contribution is 2.47. The van der Waals surface area contributed by atoms with E-state index in [-0.39, 0.29) is 17.9 Å². The van der Waals surface area contributed by atoms with Crippen molar-refractivity contribution < 1.29 is 9.53 Å². The molecule has 3 aromatic rings. The molecule has 2 heterocycles. The van der Waals surface area contributed by atoms with Gasteiger partial charge in [0.25, 0.3) is 0 Å². The van der Waals surface area contributed by atoms with Crippen LogP contribution < -0.4 is 4.90 Å². The van der Waals surface area contributed by atoms with Crippen LogP contribution in [0.4, 0.5) is 11.4 Å². The first-order chi connectivity index (χ1) is 12.3. The molecule has 0 aliphatic carbocycles. The molecule has 1 aromatic heterocycles. The summed E-state index contributed by atoms with van der Waals surface area (Å²) in [5.41, 5.74) is 3.72. The topological polar surface area (TPSA) is 42.4 Å². The molecule has 1 aliphatic rings. The van der Waals surface area contributed by atoms with Gasteiger partial charge in [0.2, 0.25) is 5.91 Å². The van der Waals surface area contributed by atoms with Gasteiger partial charge in [-0.05, 0) is 41.5 Å². The fraction of sp³-hybridized carbons (Fsp3) is 0.143. The molecule has 4 heteroatoms. The largest absolute Gasteiger partial charge is 0.376 e. The van der Waals surface area contributed by atoms with E-state index in [1.54, 1.807) is 24.4 Å². The van der Waals surface area contributed by atoms with Crippen molar-refractivity contribution in [2.75, 3.05) is 12.0 Å². The summed E-state index contributed by atoms with van der Waals surface area (Å²) in [6, 6.07) is 21.4. The van der Waals surface area contributed by atoms with Crippen molar-refractivity contribution in [3.8, 4) is 0 Å². The summed E-state index contributed by atoms with van der Waals surface area (Å²) in [5, 5.41) is 0. The summed E-state index contributed by atoms with van der Waals surface area (Å²) in [6.45, 7) is 0. The summed E-state index contributed by atoms with van der Waals surface area (Å²) >= 11 is 0. The van der Waals surface area contributed by atoms with E-state index in [9.17, 15) is 4.79 Å². The number of carbonyl (C=O) groups is 1. The molecule has 4 nitrogen and oxygen atoms in total. The van der Waals surface area contributed by atoms with E-state index < -0.39 is 0 Å². The van der Waals surface area contributed by atoms with Gasteiger partial charge in [0.15, 0.2) is 0 Å². The summed E-state index contributed by atoms with van der Waals surface area (Å²) in [5.74, 6) is -0.361. The normalized spacial score (nSPS) is 17.4. The summed E-state index contributed by atoms with van der Waals surface area (Å²) in [7, 11) is 1.65. The van der Waals surface area contributed by atoms with Crippen LogP contribution >= 0.6 is 0 Å². The Kier molecular flexibility index (Phi) is 4.04. The highest BCUT2D eigenvalue weighted by atomic mass is 16.5. The van der Waals surface area contributed by atoms with Crippen molar-refractivity contribution in [2.24, 2.45) is 0 Å². The maximum Gasteiger partial charge on any atom is 0.242 e. The lowest BCUT2D eigenvalue weighted by Crippen LogP contribution is -2.27. The van der Waals surface area contributed by atoms with Crippen LogP contribution in [0.3, 0.4) is 0 Å². The lowest BCUT2D eigenvalue weighted by atomic mass is 9.90. The predicted octanol–water partition coefficient (Wildman–Crippen LogP) is 4.23. The van der Waals surface area contributed by atoms with Crippen molar-refractivity contribution in [3.63, 3.8) is 0 Å². The third-order valence-corrected chi connectivity index (χ3v) is 4.60. The molecule has 2 aromatic carbocycles. The van der Waals surface area contributed by atoms with Gasteiger partial charge in [-0.2, -0.15) is 0 Å². The molecule has 0 saturated heterocycles. The number of benzene rings is 2. The first kappa shape index (κ1) is 15.5. The number of para-hydroxylation sites is 2. The summed E-state index contributed by atoms with van der Waals surface area (Å²) in [4.78, 5) is 19.2. The summed E-state index contributed by atoms with van der Waals surface area (Å²) in [6.07, 6.45) is 3.09. The zero-order valence-electron chi connectivity index (χ0n) is 13.9. The molecule has 124 valence electrons. The quantitative estimate of drug-likeness (QED) is 0.719. The van der Waals surface area contributed by atoms with E-state index in [2.05, 4.69) is 4.98 Å². The highest BCUT2D eigenvalue weighted by molar-refractivity contribution is 6.10. The van der Waals surface area contributed by atoms with E-state index >= 15 is 0 Å². The minimum Gasteiger partial charge on any atom is -0.376 e. The summed E-state index contributed by atoms with van der Waals surface area (Å²) < 4.78 is 5.76. The number of carbonyl (C=O) groups excluding carboxylic acids is 1. The number of rotatable bonds is 4. The van der Waals surface area contributed by atoms with E-state index in [0.29, 0.717) is 0 Å². The third-order valence-electron chi connectivity index (χ3n) is 4.60. The molecule has 1 amide bonds. The Labute approximate surface area is 146 Å². The minimum absolute atomic E-state index is 0.0241. The molecular formula is C21H18N2O2. The van der Waals surface area contributed by atoms with Crippen LogP contribution in [0.5, 0.6) is 0 Å². The van der Waals surface area contributed by atoms with Crippen LogP contribution in [0, 0.1) is 0 Å². The van der Waals surface area contributed by atoms with Gasteiger partial charge in [-0.1, -0.05) is 36.4 Å². The molecule has 0 radical (unpaired) electrons. The van der Waals surface area contributed by atoms with Crippen molar-refractivity contribution in [2.45, 2.75) is 12.0 Å². The van der Waals surface area contributed by atoms with E-state index in [1.807, 2.05) is 66.7 Å². The van der Waals surface area contributed by atoms with Crippen molar-refractivity contribution in [1.29, 1.82) is 0 Å². The van der Waals surface area contributed by atoms with Crippen LogP contribution in [0.1, 0.15) is 23.1 Å². The Hall–Kier alpha value is -2.98. The average molecular weight is 330 g/mol. The fourth-order valence-corrected chi connectivity index (χ4v) is 3.50. The molecule has 0 bridgehead atoms. The molecule has 2 atom stereocenters. The van der Waals surface area contributed by atoms with Gasteiger partial charge in [-0.25, -0.2) is 0 Å². The van der Waals surface area contributed by atoms with E-state index in [0.717, 1.165) is 22.5 Å². The molecule has 25 heavy (non-hydrogen) atoms. The van der Waals surface area contributed by atoms with Gasteiger partial charge in [-0.15, -0.1) is 0 Å². The van der Waals surface area contributed by atoms with E-state index in [1.165, 1.54) is 0 Å². The Morgan fingerprint density at radius 2 is 1.64 bits per heavy atom. The maximum absolute atomic E-state index is 13.4. The third kappa shape index (κ3) is 2.61. The number of amides is 1. The minimum atomic E-state index is -0.385. The Morgan fingerprint density at radius 1 is 0.960 bits per heavy atom. The van der Waals surface area contributed by atoms with Gasteiger partial charge >= 0.3 is 0 Å². The number of methoxy groups -OCH3 is 1. The SMILES string of the molecule is COC(c1ccncc1)C1C(=O)N(c2ccccc2)c2ccccc21. The first-order valence-corrected chi connectivity index (χ1v) is 8.22. The number of ether oxygens (including phenoxy) is 1. The Bertz CT molecular complexity index is 881. The smallest absolute Gasteiger partial charge is 0.242 e. The number of fused-ring (bicyclic) bond motifs is 1. The molecule has 0 spiro atoms. The Balaban J connectivity index is 1.83. The number of anilines is 2. The molecule has 0 fully saturated rings. The van der Waals surface area contributed by atoms with Gasteiger partial charge in [-0.3, -0.25) is 14.7 Å². The second kappa shape index (κ2) is 6.49. The maximum atomic E-state index is 13.4. The lowest BCUT2D eigenvalue weighted by molar-refractivity contribution is -0.121. The van der Waals surface area contributed by atoms with Crippen LogP contribution in [0.25, 0.3) is 0 Å². The molecule has 0 saturated carbocycles. The highest BCUT2D eigenvalue weighted by Gasteiger charge is 2.43. The Morgan fingerprint density at radius 3 is 2.36 bits per heavy atom. The van der Waals surface area contributed by atoms with Gasteiger partial charge in [0, 0.05) is 25.2 Å². The second-order valence-corrected chi connectivity index (χ2v) is 5.98. The number of nitrogens with zero attached hydrogens (tertiary/aromatic N) is 2. The zero-order chi connectivity index (χ0) is 17.2. The van der Waals surface area contributed by atoms with Gasteiger partial charge < -0.3 is 4.74 Å². The van der Waals surface area contributed by atoms with Crippen LogP contribution in [-0.4, -0.2) is 18.0 Å². The zero-order valence-corrected chi connectivity index (χ0v) is 13.9. The average Bonchev–Trinajstić information content (AvgIpc) is 2.96. The van der Waals surface area contributed by atoms with E-state index in [4.69, 9.17) is 4.74 Å². The van der Waals surface area contributed by atoms with Crippen LogP contribution in [-0.2, 0) is 9.53 Å². The van der Waals surface area contributed by atoms with Gasteiger partial charge in [0.05, 0.1) is 17.7 Å². The monoisotopic (exact) mass is 330 g/mol. The molecule has 4 rings (SSSR count). The molecule has 2 unspecified atom stereocenters. The molecular weight excluding hydrogens is 312 g/mol.